The van der Waals surface area contributed by atoms with Crippen molar-refractivity contribution in [1.29, 1.82) is 0 Å². The molecule has 0 bridgehead atoms. The van der Waals surface area contributed by atoms with Gasteiger partial charge in [0.1, 0.15) is 11.6 Å². The van der Waals surface area contributed by atoms with Crippen LogP contribution in [0.5, 0.6) is 5.75 Å². The minimum absolute atomic E-state index is 0.0178. The number of carbonyl (C=O) groups is 2. The lowest BCUT2D eigenvalue weighted by Crippen LogP contribution is -2.51. The number of methoxy groups -OCH3 is 1. The molecule has 2 amide bonds. The van der Waals surface area contributed by atoms with Crippen LogP contribution in [-0.2, 0) is 11.2 Å². The minimum Gasteiger partial charge on any atom is -0.496 e. The van der Waals surface area contributed by atoms with Crippen LogP contribution in [0.4, 0.5) is 4.39 Å². The normalized spacial score (nSPS) is 14.2. The third-order valence-corrected chi connectivity index (χ3v) is 4.86. The molecule has 1 fully saturated rings. The van der Waals surface area contributed by atoms with E-state index in [9.17, 15) is 14.0 Å². The first-order chi connectivity index (χ1) is 13.0. The van der Waals surface area contributed by atoms with E-state index in [-0.39, 0.29) is 24.1 Å². The molecule has 0 radical (unpaired) electrons. The average Bonchev–Trinajstić information content (AvgIpc) is 2.70. The summed E-state index contributed by atoms with van der Waals surface area (Å²) in [6.07, 6.45) is 0.273. The fourth-order valence-electron chi connectivity index (χ4n) is 3.24. The fourth-order valence-corrected chi connectivity index (χ4v) is 3.24. The van der Waals surface area contributed by atoms with Gasteiger partial charge in [-0.05, 0) is 36.8 Å². The van der Waals surface area contributed by atoms with Crippen LogP contribution in [0.25, 0.3) is 0 Å². The number of rotatable bonds is 4. The Hall–Kier alpha value is -2.89. The lowest BCUT2D eigenvalue weighted by molar-refractivity contribution is -0.131. The van der Waals surface area contributed by atoms with E-state index >= 15 is 0 Å². The minimum atomic E-state index is -0.321. The third-order valence-electron chi connectivity index (χ3n) is 4.86. The molecule has 27 heavy (non-hydrogen) atoms. The molecule has 1 aliphatic rings. The van der Waals surface area contributed by atoms with Crippen LogP contribution >= 0.6 is 0 Å². The Labute approximate surface area is 158 Å². The van der Waals surface area contributed by atoms with Crippen LogP contribution in [0, 0.1) is 12.7 Å². The van der Waals surface area contributed by atoms with Crippen molar-refractivity contribution >= 4 is 11.8 Å². The number of piperazine rings is 1. The van der Waals surface area contributed by atoms with Crippen LogP contribution in [0.3, 0.4) is 0 Å². The highest BCUT2D eigenvalue weighted by atomic mass is 19.1. The number of ether oxygens (including phenoxy) is 1. The van der Waals surface area contributed by atoms with Crippen molar-refractivity contribution in [2.45, 2.75) is 13.3 Å². The van der Waals surface area contributed by atoms with Gasteiger partial charge in [-0.3, -0.25) is 9.59 Å². The molecule has 142 valence electrons. The number of nitrogens with zero attached hydrogens (tertiary/aromatic N) is 2. The Balaban J connectivity index is 1.58. The first-order valence-electron chi connectivity index (χ1n) is 8.94. The largest absolute Gasteiger partial charge is 0.496 e. The van der Waals surface area contributed by atoms with Gasteiger partial charge in [-0.15, -0.1) is 0 Å². The predicted octanol–water partition coefficient (Wildman–Crippen LogP) is 2.67. The van der Waals surface area contributed by atoms with E-state index in [1.165, 1.54) is 12.1 Å². The zero-order valence-electron chi connectivity index (χ0n) is 15.6. The molecule has 0 spiro atoms. The van der Waals surface area contributed by atoms with Crippen LogP contribution in [0.2, 0.25) is 0 Å². The number of amides is 2. The zero-order valence-corrected chi connectivity index (χ0v) is 15.6. The summed E-state index contributed by atoms with van der Waals surface area (Å²) in [4.78, 5) is 28.7. The van der Waals surface area contributed by atoms with Crippen LogP contribution in [-0.4, -0.2) is 54.9 Å². The topological polar surface area (TPSA) is 49.9 Å². The highest BCUT2D eigenvalue weighted by molar-refractivity contribution is 5.94. The van der Waals surface area contributed by atoms with Gasteiger partial charge >= 0.3 is 0 Å². The van der Waals surface area contributed by atoms with E-state index in [0.29, 0.717) is 43.1 Å². The average molecular weight is 370 g/mol. The molecular weight excluding hydrogens is 347 g/mol. The molecule has 5 nitrogen and oxygen atoms in total. The molecule has 2 aromatic carbocycles. The second-order valence-electron chi connectivity index (χ2n) is 6.63. The fraction of sp³-hybridized carbons (Fsp3) is 0.333. The van der Waals surface area contributed by atoms with Crippen molar-refractivity contribution in [3.05, 3.63) is 65.0 Å². The van der Waals surface area contributed by atoms with Crippen molar-refractivity contribution in [1.82, 2.24) is 9.80 Å². The van der Waals surface area contributed by atoms with E-state index < -0.39 is 0 Å². The van der Waals surface area contributed by atoms with Crippen molar-refractivity contribution in [2.24, 2.45) is 0 Å². The molecule has 0 aliphatic carbocycles. The second kappa shape index (κ2) is 8.20. The first kappa shape index (κ1) is 18.9. The van der Waals surface area contributed by atoms with Crippen LogP contribution in [0.1, 0.15) is 21.5 Å². The Morgan fingerprint density at radius 1 is 1.04 bits per heavy atom. The molecule has 0 N–H and O–H groups in total. The molecule has 2 aromatic rings. The van der Waals surface area contributed by atoms with Crippen molar-refractivity contribution < 1.29 is 18.7 Å². The standard InChI is InChI=1S/C21H23FN2O3/c1-15-13-17(7-8-18(15)22)21(26)24-11-9-23(10-12-24)20(25)14-16-5-3-4-6-19(16)27-2/h3-8,13H,9-12,14H2,1-2H3. The Kier molecular flexibility index (Phi) is 5.74. The summed E-state index contributed by atoms with van der Waals surface area (Å²) in [5.74, 6) is 0.267. The predicted molar refractivity (Wildman–Crippen MR) is 100 cm³/mol. The van der Waals surface area contributed by atoms with Gasteiger partial charge in [0.2, 0.25) is 5.91 Å². The number of benzene rings is 2. The summed E-state index contributed by atoms with van der Waals surface area (Å²) in [5.41, 5.74) is 1.78. The quantitative estimate of drug-likeness (QED) is 0.831. The van der Waals surface area contributed by atoms with Gasteiger partial charge in [-0.25, -0.2) is 4.39 Å². The number of hydrogen-bond acceptors (Lipinski definition) is 3. The SMILES string of the molecule is COc1ccccc1CC(=O)N1CCN(C(=O)c2ccc(F)c(C)c2)CC1. The molecule has 1 saturated heterocycles. The van der Waals surface area contributed by atoms with Gasteiger partial charge in [0.25, 0.3) is 5.91 Å². The Morgan fingerprint density at radius 3 is 2.37 bits per heavy atom. The molecule has 0 saturated carbocycles. The van der Waals surface area contributed by atoms with Gasteiger partial charge in [0, 0.05) is 37.3 Å². The summed E-state index contributed by atoms with van der Waals surface area (Å²) in [5, 5.41) is 0. The van der Waals surface area contributed by atoms with Crippen LogP contribution in [0.15, 0.2) is 42.5 Å². The van der Waals surface area contributed by atoms with Crippen molar-refractivity contribution in [2.75, 3.05) is 33.3 Å². The Bertz CT molecular complexity index is 845. The summed E-state index contributed by atoms with van der Waals surface area (Å²) >= 11 is 0. The maximum Gasteiger partial charge on any atom is 0.253 e. The van der Waals surface area contributed by atoms with E-state index in [1.807, 2.05) is 24.3 Å². The van der Waals surface area contributed by atoms with E-state index in [1.54, 1.807) is 29.9 Å². The molecule has 6 heteroatoms. The maximum absolute atomic E-state index is 13.4. The van der Waals surface area contributed by atoms with Crippen molar-refractivity contribution in [3.63, 3.8) is 0 Å². The lowest BCUT2D eigenvalue weighted by atomic mass is 10.1. The monoisotopic (exact) mass is 370 g/mol. The highest BCUT2D eigenvalue weighted by Crippen LogP contribution is 2.19. The molecule has 1 heterocycles. The molecular formula is C21H23FN2O3. The summed E-state index contributed by atoms with van der Waals surface area (Å²) in [7, 11) is 1.59. The number of carbonyl (C=O) groups excluding carboxylic acids is 2. The van der Waals surface area contributed by atoms with E-state index in [4.69, 9.17) is 4.74 Å². The number of hydrogen-bond donors (Lipinski definition) is 0. The molecule has 0 unspecified atom stereocenters. The molecule has 3 rings (SSSR count). The smallest absolute Gasteiger partial charge is 0.253 e. The summed E-state index contributed by atoms with van der Waals surface area (Å²) in [6.45, 7) is 3.54. The highest BCUT2D eigenvalue weighted by Gasteiger charge is 2.25. The molecule has 0 atom stereocenters. The van der Waals surface area contributed by atoms with Gasteiger partial charge in [-0.2, -0.15) is 0 Å². The molecule has 0 aromatic heterocycles. The summed E-state index contributed by atoms with van der Waals surface area (Å²) < 4.78 is 18.7. The lowest BCUT2D eigenvalue weighted by Gasteiger charge is -2.35. The zero-order chi connectivity index (χ0) is 19.4. The van der Waals surface area contributed by atoms with Gasteiger partial charge in [-0.1, -0.05) is 18.2 Å². The Morgan fingerprint density at radius 2 is 1.70 bits per heavy atom. The van der Waals surface area contributed by atoms with Gasteiger partial charge in [0.15, 0.2) is 0 Å². The van der Waals surface area contributed by atoms with Crippen LogP contribution < -0.4 is 4.74 Å². The maximum atomic E-state index is 13.4. The number of para-hydroxylation sites is 1. The molecule has 1 aliphatic heterocycles. The van der Waals surface area contributed by atoms with E-state index in [2.05, 4.69) is 0 Å². The number of halogens is 1. The van der Waals surface area contributed by atoms with Crippen molar-refractivity contribution in [3.8, 4) is 5.75 Å². The van der Waals surface area contributed by atoms with Gasteiger partial charge < -0.3 is 14.5 Å². The third kappa shape index (κ3) is 4.27. The van der Waals surface area contributed by atoms with E-state index in [0.717, 1.165) is 5.56 Å². The second-order valence-corrected chi connectivity index (χ2v) is 6.63. The first-order valence-corrected chi connectivity index (χ1v) is 8.94. The number of aryl methyl sites for hydroxylation is 1. The summed E-state index contributed by atoms with van der Waals surface area (Å²) in [6, 6.07) is 11.9. The van der Waals surface area contributed by atoms with Gasteiger partial charge in [0.05, 0.1) is 13.5 Å².